The van der Waals surface area contributed by atoms with Crippen molar-refractivity contribution in [1.82, 2.24) is 4.98 Å². The van der Waals surface area contributed by atoms with Crippen molar-refractivity contribution >= 4 is 21.7 Å². The minimum atomic E-state index is -2.75. The molecule has 1 aromatic heterocycles. The first-order valence-corrected chi connectivity index (χ1v) is 3.71. The summed E-state index contributed by atoms with van der Waals surface area (Å²) in [6, 6.07) is 0.899. The molecule has 1 aromatic rings. The number of halogens is 4. The van der Waals surface area contributed by atoms with Crippen LogP contribution < -0.4 is 5.73 Å². The molecule has 0 aliphatic carbocycles. The molecule has 1 heterocycles. The van der Waals surface area contributed by atoms with E-state index >= 15 is 0 Å². The highest BCUT2D eigenvalue weighted by atomic mass is 79.9. The molecule has 0 bridgehead atoms. The molecular weight excluding hydrogens is 237 g/mol. The van der Waals surface area contributed by atoms with Gasteiger partial charge in [0.2, 0.25) is 0 Å². The normalized spacial score (nSPS) is 10.8. The molecule has 0 atom stereocenters. The van der Waals surface area contributed by atoms with E-state index in [2.05, 4.69) is 20.9 Å². The van der Waals surface area contributed by atoms with E-state index in [0.717, 1.165) is 6.07 Å². The van der Waals surface area contributed by atoms with Crippen LogP contribution in [0.1, 0.15) is 12.1 Å². The van der Waals surface area contributed by atoms with Crippen LogP contribution in [0, 0.1) is 5.82 Å². The van der Waals surface area contributed by atoms with Crippen LogP contribution in [0.4, 0.5) is 19.0 Å². The number of anilines is 1. The van der Waals surface area contributed by atoms with Gasteiger partial charge < -0.3 is 5.73 Å². The Balaban J connectivity index is 3.21. The van der Waals surface area contributed by atoms with E-state index < -0.39 is 23.8 Å². The third-order valence-corrected chi connectivity index (χ3v) is 1.76. The number of hydrogen-bond donors (Lipinski definition) is 1. The van der Waals surface area contributed by atoms with Crippen molar-refractivity contribution in [3.63, 3.8) is 0 Å². The average molecular weight is 241 g/mol. The van der Waals surface area contributed by atoms with Gasteiger partial charge in [0.1, 0.15) is 5.69 Å². The molecule has 0 radical (unpaired) electrons. The molecular formula is C6H4BrF3N2. The molecule has 0 saturated carbocycles. The predicted octanol–water partition coefficient (Wildman–Crippen LogP) is 2.50. The second kappa shape index (κ2) is 3.30. The summed E-state index contributed by atoms with van der Waals surface area (Å²) in [5.41, 5.74) is 4.47. The van der Waals surface area contributed by atoms with Gasteiger partial charge in [0.15, 0.2) is 11.6 Å². The molecule has 0 spiro atoms. The fraction of sp³-hybridized carbons (Fsp3) is 0.167. The van der Waals surface area contributed by atoms with Crippen LogP contribution in [0.2, 0.25) is 0 Å². The van der Waals surface area contributed by atoms with Gasteiger partial charge in [-0.05, 0) is 22.0 Å². The zero-order valence-corrected chi connectivity index (χ0v) is 7.28. The van der Waals surface area contributed by atoms with E-state index in [1.165, 1.54) is 0 Å². The molecule has 66 valence electrons. The maximum absolute atomic E-state index is 12.7. The third-order valence-electron chi connectivity index (χ3n) is 1.18. The lowest BCUT2D eigenvalue weighted by molar-refractivity contribution is 0.146. The highest BCUT2D eigenvalue weighted by Gasteiger charge is 2.14. The lowest BCUT2D eigenvalue weighted by Gasteiger charge is -2.02. The number of hydrogen-bond acceptors (Lipinski definition) is 2. The molecule has 0 amide bonds. The maximum atomic E-state index is 12.7. The zero-order chi connectivity index (χ0) is 9.30. The Kier molecular flexibility index (Phi) is 2.56. The van der Waals surface area contributed by atoms with Crippen molar-refractivity contribution in [2.75, 3.05) is 5.73 Å². The molecule has 1 rings (SSSR count). The largest absolute Gasteiger partial charge is 0.381 e. The van der Waals surface area contributed by atoms with Gasteiger partial charge in [-0.2, -0.15) is 0 Å². The fourth-order valence-corrected chi connectivity index (χ4v) is 1.09. The summed E-state index contributed by atoms with van der Waals surface area (Å²) in [7, 11) is 0. The first kappa shape index (κ1) is 9.31. The van der Waals surface area contributed by atoms with Crippen molar-refractivity contribution < 1.29 is 13.2 Å². The predicted molar refractivity (Wildman–Crippen MR) is 41.3 cm³/mol. The SMILES string of the molecule is Nc1nc(C(F)F)cc(Br)c1F. The number of nitrogens with two attached hydrogens (primary N) is 1. The Bertz CT molecular complexity index is 280. The lowest BCUT2D eigenvalue weighted by atomic mass is 10.3. The third kappa shape index (κ3) is 1.69. The minimum absolute atomic E-state index is 0.106. The van der Waals surface area contributed by atoms with Crippen LogP contribution in [0.15, 0.2) is 10.5 Å². The molecule has 12 heavy (non-hydrogen) atoms. The molecule has 0 aromatic carbocycles. The number of alkyl halides is 2. The molecule has 0 saturated heterocycles. The highest BCUT2D eigenvalue weighted by Crippen LogP contribution is 2.25. The number of rotatable bonds is 1. The van der Waals surface area contributed by atoms with E-state index in [1.54, 1.807) is 0 Å². The second-order valence-electron chi connectivity index (χ2n) is 2.03. The summed E-state index contributed by atoms with van der Waals surface area (Å²) >= 11 is 2.74. The summed E-state index contributed by atoms with van der Waals surface area (Å²) in [4.78, 5) is 3.16. The molecule has 2 N–H and O–H groups in total. The Labute approximate surface area is 74.7 Å². The zero-order valence-electron chi connectivity index (χ0n) is 5.69. The van der Waals surface area contributed by atoms with Gasteiger partial charge in [0.25, 0.3) is 6.43 Å². The van der Waals surface area contributed by atoms with Gasteiger partial charge in [0, 0.05) is 0 Å². The van der Waals surface area contributed by atoms with Crippen LogP contribution in [0.3, 0.4) is 0 Å². The van der Waals surface area contributed by atoms with Crippen molar-refractivity contribution in [2.24, 2.45) is 0 Å². The van der Waals surface area contributed by atoms with Crippen molar-refractivity contribution in [3.05, 3.63) is 22.1 Å². The van der Waals surface area contributed by atoms with Crippen molar-refractivity contribution in [3.8, 4) is 0 Å². The lowest BCUT2D eigenvalue weighted by Crippen LogP contribution is -2.00. The number of aromatic nitrogens is 1. The van der Waals surface area contributed by atoms with Crippen LogP contribution in [0.25, 0.3) is 0 Å². The first-order chi connectivity index (χ1) is 5.52. The average Bonchev–Trinajstić information content (AvgIpc) is 1.99. The standard InChI is InChI=1S/C6H4BrF3N2/c7-2-1-3(5(9)10)12-6(11)4(2)8/h1,5H,(H2,11,12). The summed E-state index contributed by atoms with van der Waals surface area (Å²) in [6.07, 6.45) is -2.75. The smallest absolute Gasteiger partial charge is 0.280 e. The Morgan fingerprint density at radius 2 is 2.08 bits per heavy atom. The highest BCUT2D eigenvalue weighted by molar-refractivity contribution is 9.10. The summed E-state index contributed by atoms with van der Waals surface area (Å²) in [5, 5.41) is 0. The van der Waals surface area contributed by atoms with E-state index in [-0.39, 0.29) is 4.47 Å². The Morgan fingerprint density at radius 3 is 2.50 bits per heavy atom. The maximum Gasteiger partial charge on any atom is 0.280 e. The molecule has 0 aliphatic heterocycles. The van der Waals surface area contributed by atoms with Gasteiger partial charge in [-0.3, -0.25) is 0 Å². The topological polar surface area (TPSA) is 38.9 Å². The number of pyridine rings is 1. The summed E-state index contributed by atoms with van der Waals surface area (Å²) < 4.78 is 36.6. The summed E-state index contributed by atoms with van der Waals surface area (Å²) in [6.45, 7) is 0. The van der Waals surface area contributed by atoms with Gasteiger partial charge in [-0.1, -0.05) is 0 Å². The molecule has 2 nitrogen and oxygen atoms in total. The van der Waals surface area contributed by atoms with Gasteiger partial charge in [-0.15, -0.1) is 0 Å². The van der Waals surface area contributed by atoms with Crippen molar-refractivity contribution in [2.45, 2.75) is 6.43 Å². The number of nitrogen functional groups attached to an aromatic ring is 1. The van der Waals surface area contributed by atoms with E-state index in [9.17, 15) is 13.2 Å². The van der Waals surface area contributed by atoms with Crippen LogP contribution in [-0.4, -0.2) is 4.98 Å². The first-order valence-electron chi connectivity index (χ1n) is 2.92. The van der Waals surface area contributed by atoms with Gasteiger partial charge in [0.05, 0.1) is 4.47 Å². The van der Waals surface area contributed by atoms with Crippen LogP contribution in [0.5, 0.6) is 0 Å². The molecule has 0 unspecified atom stereocenters. The molecule has 0 fully saturated rings. The van der Waals surface area contributed by atoms with E-state index in [4.69, 9.17) is 5.73 Å². The number of nitrogens with zero attached hydrogens (tertiary/aromatic N) is 1. The van der Waals surface area contributed by atoms with Crippen molar-refractivity contribution in [1.29, 1.82) is 0 Å². The fourth-order valence-electron chi connectivity index (χ4n) is 0.648. The van der Waals surface area contributed by atoms with Gasteiger partial charge in [-0.25, -0.2) is 18.2 Å². The van der Waals surface area contributed by atoms with E-state index in [1.807, 2.05) is 0 Å². The Morgan fingerprint density at radius 1 is 1.50 bits per heavy atom. The minimum Gasteiger partial charge on any atom is -0.381 e. The van der Waals surface area contributed by atoms with E-state index in [0.29, 0.717) is 0 Å². The second-order valence-corrected chi connectivity index (χ2v) is 2.88. The Hall–Kier alpha value is -0.780. The van der Waals surface area contributed by atoms with Crippen LogP contribution in [-0.2, 0) is 0 Å². The monoisotopic (exact) mass is 240 g/mol. The summed E-state index contributed by atoms with van der Waals surface area (Å²) in [5.74, 6) is -1.35. The molecule has 6 heteroatoms. The quantitative estimate of drug-likeness (QED) is 0.820. The van der Waals surface area contributed by atoms with Crippen LogP contribution >= 0.6 is 15.9 Å². The van der Waals surface area contributed by atoms with Gasteiger partial charge >= 0.3 is 0 Å². The molecule has 0 aliphatic rings.